The van der Waals surface area contributed by atoms with Gasteiger partial charge in [0.15, 0.2) is 0 Å². The summed E-state index contributed by atoms with van der Waals surface area (Å²) in [4.78, 5) is 4.23. The standard InChI is InChI=1S/C15H17N3O/c16-13-6-8-19-14-9-11(4-5-12(13)14)10-18-15-3-1-2-7-17-15/h1-5,7,9,13H,6,8,10,16H2,(H,17,18). The highest BCUT2D eigenvalue weighted by molar-refractivity contribution is 5.42. The lowest BCUT2D eigenvalue weighted by Crippen LogP contribution is -2.20. The summed E-state index contributed by atoms with van der Waals surface area (Å²) in [6.45, 7) is 1.42. The van der Waals surface area contributed by atoms with E-state index in [4.69, 9.17) is 10.5 Å². The Balaban J connectivity index is 1.72. The second kappa shape index (κ2) is 5.28. The number of hydrogen-bond donors (Lipinski definition) is 2. The third kappa shape index (κ3) is 2.69. The van der Waals surface area contributed by atoms with Gasteiger partial charge in [-0.15, -0.1) is 0 Å². The summed E-state index contributed by atoms with van der Waals surface area (Å²) in [6, 6.07) is 12.1. The van der Waals surface area contributed by atoms with Gasteiger partial charge in [0.25, 0.3) is 0 Å². The van der Waals surface area contributed by atoms with Gasteiger partial charge >= 0.3 is 0 Å². The van der Waals surface area contributed by atoms with Crippen molar-refractivity contribution in [2.45, 2.75) is 19.0 Å². The molecule has 1 unspecified atom stereocenters. The van der Waals surface area contributed by atoms with Gasteiger partial charge in [-0.05, 0) is 23.8 Å². The Hall–Kier alpha value is -2.07. The lowest BCUT2D eigenvalue weighted by atomic mass is 10.00. The van der Waals surface area contributed by atoms with Crippen molar-refractivity contribution in [3.8, 4) is 5.75 Å². The molecule has 0 saturated heterocycles. The van der Waals surface area contributed by atoms with Crippen molar-refractivity contribution in [3.05, 3.63) is 53.7 Å². The van der Waals surface area contributed by atoms with Gasteiger partial charge in [-0.1, -0.05) is 18.2 Å². The van der Waals surface area contributed by atoms with E-state index >= 15 is 0 Å². The molecule has 4 nitrogen and oxygen atoms in total. The maximum Gasteiger partial charge on any atom is 0.126 e. The zero-order valence-electron chi connectivity index (χ0n) is 10.7. The average molecular weight is 255 g/mol. The van der Waals surface area contributed by atoms with Gasteiger partial charge in [0, 0.05) is 30.8 Å². The molecule has 1 atom stereocenters. The molecule has 1 aliphatic heterocycles. The van der Waals surface area contributed by atoms with Gasteiger partial charge in [-0.3, -0.25) is 0 Å². The van der Waals surface area contributed by atoms with Crippen LogP contribution in [0.15, 0.2) is 42.6 Å². The largest absolute Gasteiger partial charge is 0.493 e. The number of pyridine rings is 1. The fourth-order valence-electron chi connectivity index (χ4n) is 2.23. The first-order valence-electron chi connectivity index (χ1n) is 6.49. The molecule has 1 aliphatic rings. The first kappa shape index (κ1) is 12.0. The molecule has 1 aromatic heterocycles. The van der Waals surface area contributed by atoms with Crippen LogP contribution in [0, 0.1) is 0 Å². The zero-order valence-corrected chi connectivity index (χ0v) is 10.7. The summed E-state index contributed by atoms with van der Waals surface area (Å²) >= 11 is 0. The van der Waals surface area contributed by atoms with Crippen LogP contribution in [0.4, 0.5) is 5.82 Å². The van der Waals surface area contributed by atoms with Gasteiger partial charge in [0.05, 0.1) is 6.61 Å². The van der Waals surface area contributed by atoms with E-state index < -0.39 is 0 Å². The number of ether oxygens (including phenoxy) is 1. The number of hydrogen-bond acceptors (Lipinski definition) is 4. The summed E-state index contributed by atoms with van der Waals surface area (Å²) < 4.78 is 5.66. The predicted octanol–water partition coefficient (Wildman–Crippen LogP) is 2.48. The molecule has 0 spiro atoms. The Morgan fingerprint density at radius 2 is 2.26 bits per heavy atom. The molecule has 0 aliphatic carbocycles. The van der Waals surface area contributed by atoms with E-state index in [1.807, 2.05) is 18.2 Å². The van der Waals surface area contributed by atoms with E-state index in [1.165, 1.54) is 5.56 Å². The molecule has 0 bridgehead atoms. The Labute approximate surface area is 112 Å². The Morgan fingerprint density at radius 3 is 3.11 bits per heavy atom. The number of nitrogens with zero attached hydrogens (tertiary/aromatic N) is 1. The topological polar surface area (TPSA) is 60.2 Å². The van der Waals surface area contributed by atoms with Crippen molar-refractivity contribution in [1.29, 1.82) is 0 Å². The Bertz CT molecular complexity index is 557. The van der Waals surface area contributed by atoms with Gasteiger partial charge in [-0.25, -0.2) is 4.98 Å². The molecule has 2 aromatic rings. The highest BCUT2D eigenvalue weighted by atomic mass is 16.5. The number of fused-ring (bicyclic) bond motifs is 1. The second-order valence-electron chi connectivity index (χ2n) is 4.68. The van der Waals surface area contributed by atoms with Crippen molar-refractivity contribution in [2.75, 3.05) is 11.9 Å². The smallest absolute Gasteiger partial charge is 0.126 e. The van der Waals surface area contributed by atoms with Crippen LogP contribution in [0.25, 0.3) is 0 Å². The lowest BCUT2D eigenvalue weighted by Gasteiger charge is -2.23. The van der Waals surface area contributed by atoms with Crippen molar-refractivity contribution >= 4 is 5.82 Å². The molecule has 0 amide bonds. The summed E-state index contributed by atoms with van der Waals surface area (Å²) in [6.07, 6.45) is 2.66. The minimum atomic E-state index is 0.0987. The maximum atomic E-state index is 6.06. The van der Waals surface area contributed by atoms with Crippen LogP contribution in [0.1, 0.15) is 23.6 Å². The molecular formula is C15H17N3O. The number of nitrogens with two attached hydrogens (primary N) is 1. The summed E-state index contributed by atoms with van der Waals surface area (Å²) in [5, 5.41) is 3.28. The molecule has 3 rings (SSSR count). The van der Waals surface area contributed by atoms with Crippen LogP contribution in [0.3, 0.4) is 0 Å². The van der Waals surface area contributed by atoms with Crippen LogP contribution in [-0.2, 0) is 6.54 Å². The molecule has 2 heterocycles. The number of anilines is 1. The quantitative estimate of drug-likeness (QED) is 0.884. The van der Waals surface area contributed by atoms with Gasteiger partial charge in [0.1, 0.15) is 11.6 Å². The highest BCUT2D eigenvalue weighted by Crippen LogP contribution is 2.31. The second-order valence-corrected chi connectivity index (χ2v) is 4.68. The molecule has 3 N–H and O–H groups in total. The van der Waals surface area contributed by atoms with E-state index in [0.717, 1.165) is 30.1 Å². The van der Waals surface area contributed by atoms with Crippen LogP contribution < -0.4 is 15.8 Å². The summed E-state index contributed by atoms with van der Waals surface area (Å²) in [7, 11) is 0. The first-order chi connectivity index (χ1) is 9.33. The monoisotopic (exact) mass is 255 g/mol. The third-order valence-corrected chi connectivity index (χ3v) is 3.30. The van der Waals surface area contributed by atoms with Crippen molar-refractivity contribution in [1.82, 2.24) is 4.98 Å². The van der Waals surface area contributed by atoms with Crippen molar-refractivity contribution < 1.29 is 4.74 Å². The molecule has 4 heteroatoms. The van der Waals surface area contributed by atoms with Crippen molar-refractivity contribution in [3.63, 3.8) is 0 Å². The van der Waals surface area contributed by atoms with E-state index in [9.17, 15) is 0 Å². The Morgan fingerprint density at radius 1 is 1.32 bits per heavy atom. The van der Waals surface area contributed by atoms with E-state index in [1.54, 1.807) is 6.20 Å². The maximum absolute atomic E-state index is 6.06. The number of aromatic nitrogens is 1. The number of nitrogens with one attached hydrogen (secondary N) is 1. The Kier molecular flexibility index (Phi) is 3.33. The SMILES string of the molecule is NC1CCOc2cc(CNc3ccccn3)ccc21. The lowest BCUT2D eigenvalue weighted by molar-refractivity contribution is 0.269. The molecule has 0 radical (unpaired) electrons. The van der Waals surface area contributed by atoms with Crippen LogP contribution in [0.2, 0.25) is 0 Å². The average Bonchev–Trinajstić information content (AvgIpc) is 2.46. The minimum Gasteiger partial charge on any atom is -0.493 e. The molecular weight excluding hydrogens is 238 g/mol. The molecule has 0 saturated carbocycles. The molecule has 1 aromatic carbocycles. The fraction of sp³-hybridized carbons (Fsp3) is 0.267. The summed E-state index contributed by atoms with van der Waals surface area (Å²) in [5.74, 6) is 1.79. The summed E-state index contributed by atoms with van der Waals surface area (Å²) in [5.41, 5.74) is 8.33. The minimum absolute atomic E-state index is 0.0987. The van der Waals surface area contributed by atoms with Crippen molar-refractivity contribution in [2.24, 2.45) is 5.73 Å². The van der Waals surface area contributed by atoms with Gasteiger partial charge in [-0.2, -0.15) is 0 Å². The van der Waals surface area contributed by atoms with Gasteiger partial charge in [0.2, 0.25) is 0 Å². The van der Waals surface area contributed by atoms with Crippen LogP contribution >= 0.6 is 0 Å². The molecule has 0 fully saturated rings. The van der Waals surface area contributed by atoms with Crippen LogP contribution in [0.5, 0.6) is 5.75 Å². The predicted molar refractivity (Wildman–Crippen MR) is 75.0 cm³/mol. The normalized spacial score (nSPS) is 17.4. The third-order valence-electron chi connectivity index (χ3n) is 3.30. The van der Waals surface area contributed by atoms with E-state index in [2.05, 4.69) is 28.5 Å². The zero-order chi connectivity index (χ0) is 13.1. The van der Waals surface area contributed by atoms with Crippen LogP contribution in [-0.4, -0.2) is 11.6 Å². The fourth-order valence-corrected chi connectivity index (χ4v) is 2.23. The molecule has 98 valence electrons. The number of benzene rings is 1. The van der Waals surface area contributed by atoms with Gasteiger partial charge < -0.3 is 15.8 Å². The highest BCUT2D eigenvalue weighted by Gasteiger charge is 2.17. The van der Waals surface area contributed by atoms with E-state index in [0.29, 0.717) is 6.61 Å². The van der Waals surface area contributed by atoms with E-state index in [-0.39, 0.29) is 6.04 Å². The number of rotatable bonds is 3. The molecule has 19 heavy (non-hydrogen) atoms. The first-order valence-corrected chi connectivity index (χ1v) is 6.49.